The van der Waals surface area contributed by atoms with E-state index in [4.69, 9.17) is 16.3 Å². The van der Waals surface area contributed by atoms with Crippen LogP contribution in [-0.4, -0.2) is 32.6 Å². The lowest BCUT2D eigenvalue weighted by Gasteiger charge is -2.33. The Morgan fingerprint density at radius 3 is 2.69 bits per heavy atom. The normalized spacial score (nSPS) is 18.2. The van der Waals surface area contributed by atoms with Crippen LogP contribution in [0.2, 0.25) is 5.02 Å². The topological polar surface area (TPSA) is 80.3 Å². The molecule has 11 heteroatoms. The number of allylic oxidation sites excluding steroid dienone is 1. The van der Waals surface area contributed by atoms with Gasteiger partial charge in [0.2, 0.25) is 0 Å². The summed E-state index contributed by atoms with van der Waals surface area (Å²) < 4.78 is 61.7. The van der Waals surface area contributed by atoms with Crippen LogP contribution in [-0.2, 0) is 10.0 Å². The molecule has 35 heavy (non-hydrogen) atoms. The molecule has 0 saturated heterocycles. The number of thiazole rings is 1. The van der Waals surface area contributed by atoms with E-state index < -0.39 is 20.7 Å². The highest BCUT2D eigenvalue weighted by Gasteiger charge is 2.30. The van der Waals surface area contributed by atoms with Crippen molar-refractivity contribution in [2.75, 3.05) is 17.9 Å². The first-order valence-electron chi connectivity index (χ1n) is 11.0. The molecule has 1 aliphatic rings. The van der Waals surface area contributed by atoms with Crippen LogP contribution in [0.3, 0.4) is 0 Å². The molecule has 1 aliphatic carbocycles. The van der Waals surface area contributed by atoms with Gasteiger partial charge >= 0.3 is 0 Å². The van der Waals surface area contributed by atoms with Gasteiger partial charge in [0.1, 0.15) is 22.3 Å². The first-order valence-corrected chi connectivity index (χ1v) is 13.8. The van der Waals surface area contributed by atoms with Crippen molar-refractivity contribution in [2.45, 2.75) is 30.7 Å². The minimum absolute atomic E-state index is 0.0341. The Labute approximate surface area is 212 Å². The largest absolute Gasteiger partial charge is 0.491 e. The summed E-state index contributed by atoms with van der Waals surface area (Å²) >= 11 is 7.51. The van der Waals surface area contributed by atoms with Crippen molar-refractivity contribution in [2.24, 2.45) is 5.92 Å². The third kappa shape index (κ3) is 6.00. The Kier molecular flexibility index (Phi) is 8.05. The average Bonchev–Trinajstić information content (AvgIpc) is 3.33. The number of anilines is 1. The van der Waals surface area contributed by atoms with E-state index in [9.17, 15) is 17.2 Å². The molecule has 2 N–H and O–H groups in total. The van der Waals surface area contributed by atoms with E-state index in [1.54, 1.807) is 12.1 Å². The Hall–Kier alpha value is -2.53. The van der Waals surface area contributed by atoms with E-state index in [0.717, 1.165) is 42.7 Å². The Bertz CT molecular complexity index is 1300. The maximum atomic E-state index is 14.9. The molecular weight excluding hydrogens is 516 g/mol. The number of rotatable bonds is 9. The minimum atomic E-state index is -4.22. The van der Waals surface area contributed by atoms with Gasteiger partial charge in [-0.15, -0.1) is 11.3 Å². The van der Waals surface area contributed by atoms with Crippen LogP contribution in [0.5, 0.6) is 5.75 Å². The first-order chi connectivity index (χ1) is 16.8. The van der Waals surface area contributed by atoms with Gasteiger partial charge in [0.05, 0.1) is 17.1 Å². The van der Waals surface area contributed by atoms with Crippen molar-refractivity contribution in [1.29, 1.82) is 0 Å². The molecule has 3 aromatic rings. The highest BCUT2D eigenvalue weighted by atomic mass is 35.5. The van der Waals surface area contributed by atoms with Gasteiger partial charge in [-0.1, -0.05) is 36.7 Å². The van der Waals surface area contributed by atoms with Gasteiger partial charge in [-0.25, -0.2) is 22.2 Å². The van der Waals surface area contributed by atoms with Gasteiger partial charge in [0, 0.05) is 23.4 Å². The summed E-state index contributed by atoms with van der Waals surface area (Å²) in [6.07, 6.45) is 3.85. The summed E-state index contributed by atoms with van der Waals surface area (Å²) in [5.74, 6) is -1.28. The summed E-state index contributed by atoms with van der Waals surface area (Å²) in [4.78, 5) is 3.25. The number of benzene rings is 2. The van der Waals surface area contributed by atoms with E-state index in [2.05, 4.69) is 21.1 Å². The molecule has 6 nitrogen and oxygen atoms in total. The van der Waals surface area contributed by atoms with E-state index >= 15 is 0 Å². The third-order valence-electron chi connectivity index (χ3n) is 5.74. The molecule has 2 atom stereocenters. The second-order valence-electron chi connectivity index (χ2n) is 8.02. The van der Waals surface area contributed by atoms with Crippen LogP contribution in [0, 0.1) is 17.6 Å². The second-order valence-corrected chi connectivity index (χ2v) is 10.8. The highest BCUT2D eigenvalue weighted by molar-refractivity contribution is 7.92. The van der Waals surface area contributed by atoms with Crippen molar-refractivity contribution < 1.29 is 21.9 Å². The van der Waals surface area contributed by atoms with Gasteiger partial charge in [-0.05, 0) is 48.7 Å². The molecule has 186 valence electrons. The minimum Gasteiger partial charge on any atom is -0.491 e. The Balaban J connectivity index is 1.56. The van der Waals surface area contributed by atoms with E-state index in [1.807, 2.05) is 6.92 Å². The Morgan fingerprint density at radius 2 is 2.00 bits per heavy atom. The smallest absolute Gasteiger partial charge is 0.266 e. The number of sulfonamides is 1. The fourth-order valence-electron chi connectivity index (χ4n) is 4.14. The monoisotopic (exact) mass is 539 g/mol. The van der Waals surface area contributed by atoms with Crippen molar-refractivity contribution in [1.82, 2.24) is 10.3 Å². The second kappa shape index (κ2) is 11.0. The molecule has 0 spiro atoms. The fraction of sp³-hybridized carbons (Fsp3) is 0.292. The van der Waals surface area contributed by atoms with Gasteiger partial charge in [0.25, 0.3) is 10.0 Å². The molecule has 1 aromatic heterocycles. The molecule has 0 saturated carbocycles. The highest BCUT2D eigenvalue weighted by Crippen LogP contribution is 2.36. The molecule has 0 fully saturated rings. The van der Waals surface area contributed by atoms with Gasteiger partial charge in [0.15, 0.2) is 5.82 Å². The number of nitrogens with one attached hydrogen (secondary N) is 2. The summed E-state index contributed by atoms with van der Waals surface area (Å²) in [5.41, 5.74) is 3.35. The number of halogens is 3. The standard InChI is InChI=1S/C24H24ClF2N3O3S2/c1-2-28-21-5-3-4-17(15-6-8-16(26)9-7-15)18(21)12-33-22-11-20(27)23(10-19(22)25)35(31,32)30-24-13-34-14-29-24/h4,6-11,13-14,18,21,28,30H,2-3,5,12H2,1H3/t18-,21-/m1/s1. The predicted molar refractivity (Wildman–Crippen MR) is 134 cm³/mol. The maximum Gasteiger partial charge on any atom is 0.266 e. The number of hydrogen-bond donors (Lipinski definition) is 2. The molecule has 0 radical (unpaired) electrons. The van der Waals surface area contributed by atoms with Crippen LogP contribution < -0.4 is 14.8 Å². The number of hydrogen-bond acceptors (Lipinski definition) is 6. The van der Waals surface area contributed by atoms with Gasteiger partial charge in [-0.2, -0.15) is 0 Å². The third-order valence-corrected chi connectivity index (χ3v) is 7.99. The number of nitrogens with zero attached hydrogens (tertiary/aromatic N) is 1. The summed E-state index contributed by atoms with van der Waals surface area (Å²) in [5, 5.41) is 4.92. The van der Waals surface area contributed by atoms with Crippen LogP contribution >= 0.6 is 22.9 Å². The molecular formula is C24H24ClF2N3O3S2. The van der Waals surface area contributed by atoms with Crippen LogP contribution in [0.1, 0.15) is 25.3 Å². The predicted octanol–water partition coefficient (Wildman–Crippen LogP) is 5.73. The van der Waals surface area contributed by atoms with Crippen molar-refractivity contribution in [3.8, 4) is 5.75 Å². The van der Waals surface area contributed by atoms with Gasteiger partial charge < -0.3 is 10.1 Å². The SMILES string of the molecule is CCN[C@@H]1CCC=C(c2ccc(F)cc2)[C@H]1COc1cc(F)c(S(=O)(=O)Nc2cscn2)cc1Cl. The lowest BCUT2D eigenvalue weighted by molar-refractivity contribution is 0.236. The molecule has 4 rings (SSSR count). The van der Waals surface area contributed by atoms with Crippen LogP contribution in [0.15, 0.2) is 58.3 Å². The lowest BCUT2D eigenvalue weighted by Crippen LogP contribution is -2.41. The van der Waals surface area contributed by atoms with Crippen molar-refractivity contribution >= 4 is 44.4 Å². The molecule has 0 bridgehead atoms. The zero-order valence-electron chi connectivity index (χ0n) is 18.8. The van der Waals surface area contributed by atoms with Gasteiger partial charge in [-0.3, -0.25) is 4.72 Å². The molecule has 2 aromatic carbocycles. The summed E-state index contributed by atoms with van der Waals surface area (Å²) in [6.45, 7) is 2.94. The molecule has 0 aliphatic heterocycles. The van der Waals surface area contributed by atoms with Crippen molar-refractivity contribution in [3.63, 3.8) is 0 Å². The summed E-state index contributed by atoms with van der Waals surface area (Å²) in [7, 11) is -4.22. The average molecular weight is 540 g/mol. The fourth-order valence-corrected chi connectivity index (χ4v) is 6.06. The zero-order chi connectivity index (χ0) is 25.0. The quantitative estimate of drug-likeness (QED) is 0.363. The molecule has 1 heterocycles. The van der Waals surface area contributed by atoms with Crippen LogP contribution in [0.25, 0.3) is 5.57 Å². The first kappa shape index (κ1) is 25.6. The zero-order valence-corrected chi connectivity index (χ0v) is 21.2. The molecule has 0 amide bonds. The van der Waals surface area contributed by atoms with E-state index in [-0.39, 0.29) is 41.0 Å². The number of ether oxygens (including phenoxy) is 1. The van der Waals surface area contributed by atoms with E-state index in [0.29, 0.717) is 0 Å². The van der Waals surface area contributed by atoms with Crippen molar-refractivity contribution in [3.05, 3.63) is 75.6 Å². The van der Waals surface area contributed by atoms with E-state index in [1.165, 1.54) is 34.4 Å². The molecule has 0 unspecified atom stereocenters. The lowest BCUT2D eigenvalue weighted by atomic mass is 9.80. The summed E-state index contributed by atoms with van der Waals surface area (Å²) in [6, 6.07) is 8.38. The number of aromatic nitrogens is 1. The Morgan fingerprint density at radius 1 is 1.23 bits per heavy atom. The maximum absolute atomic E-state index is 14.9. The van der Waals surface area contributed by atoms with Crippen LogP contribution in [0.4, 0.5) is 14.6 Å².